The van der Waals surface area contributed by atoms with Crippen LogP contribution in [0, 0.1) is 17.0 Å². The van der Waals surface area contributed by atoms with E-state index in [1.54, 1.807) is 19.1 Å². The number of fused-ring (bicyclic) bond motifs is 1. The summed E-state index contributed by atoms with van der Waals surface area (Å²) in [4.78, 5) is 24.9. The van der Waals surface area contributed by atoms with Crippen LogP contribution in [-0.4, -0.2) is 29.3 Å². The largest absolute Gasteiger partial charge is 0.325 e. The first-order chi connectivity index (χ1) is 12.0. The molecule has 1 aliphatic rings. The lowest BCUT2D eigenvalue weighted by atomic mass is 10.1. The zero-order valence-corrected chi connectivity index (χ0v) is 14.4. The maximum atomic E-state index is 12.3. The van der Waals surface area contributed by atoms with Crippen LogP contribution in [0.25, 0.3) is 0 Å². The predicted octanol–water partition coefficient (Wildman–Crippen LogP) is 3.46. The van der Waals surface area contributed by atoms with Crippen LogP contribution >= 0.6 is 0 Å². The van der Waals surface area contributed by atoms with Crippen molar-refractivity contribution in [1.82, 2.24) is 4.90 Å². The maximum absolute atomic E-state index is 12.3. The highest BCUT2D eigenvalue weighted by atomic mass is 16.6. The molecule has 2 aromatic rings. The summed E-state index contributed by atoms with van der Waals surface area (Å²) in [6.45, 7) is 1.91. The van der Waals surface area contributed by atoms with Gasteiger partial charge in [-0.05, 0) is 44.0 Å². The second-order valence-electron chi connectivity index (χ2n) is 6.47. The molecule has 1 aliphatic carbocycles. The van der Waals surface area contributed by atoms with Crippen molar-refractivity contribution in [1.29, 1.82) is 0 Å². The summed E-state index contributed by atoms with van der Waals surface area (Å²) in [6.07, 6.45) is 2.02. The molecule has 0 aliphatic heterocycles. The third kappa shape index (κ3) is 3.69. The van der Waals surface area contributed by atoms with Crippen LogP contribution in [0.3, 0.4) is 0 Å². The van der Waals surface area contributed by atoms with Gasteiger partial charge in [-0.15, -0.1) is 0 Å². The van der Waals surface area contributed by atoms with Gasteiger partial charge in [0.15, 0.2) is 0 Å². The second kappa shape index (κ2) is 7.03. The third-order valence-electron chi connectivity index (χ3n) is 4.72. The fourth-order valence-corrected chi connectivity index (χ4v) is 3.41. The Labute approximate surface area is 146 Å². The molecule has 0 unspecified atom stereocenters. The van der Waals surface area contributed by atoms with Crippen LogP contribution in [0.4, 0.5) is 11.4 Å². The number of amides is 1. The molecule has 0 saturated carbocycles. The Morgan fingerprint density at radius 1 is 1.32 bits per heavy atom. The fraction of sp³-hybridized carbons (Fsp3) is 0.316. The zero-order valence-electron chi connectivity index (χ0n) is 14.4. The summed E-state index contributed by atoms with van der Waals surface area (Å²) in [5, 5.41) is 13.8. The Balaban J connectivity index is 1.65. The number of anilines is 1. The molecule has 130 valence electrons. The second-order valence-corrected chi connectivity index (χ2v) is 6.47. The molecule has 1 amide bonds. The van der Waals surface area contributed by atoms with Crippen LogP contribution in [0.2, 0.25) is 0 Å². The number of carbonyl (C=O) groups is 1. The van der Waals surface area contributed by atoms with Gasteiger partial charge < -0.3 is 5.32 Å². The Morgan fingerprint density at radius 3 is 2.84 bits per heavy atom. The van der Waals surface area contributed by atoms with Crippen molar-refractivity contribution in [2.75, 3.05) is 18.9 Å². The Bertz CT molecular complexity index is 819. The van der Waals surface area contributed by atoms with Crippen molar-refractivity contribution in [2.24, 2.45) is 0 Å². The highest BCUT2D eigenvalue weighted by Crippen LogP contribution is 2.34. The molecule has 2 aromatic carbocycles. The first-order valence-corrected chi connectivity index (χ1v) is 8.28. The summed E-state index contributed by atoms with van der Waals surface area (Å²) in [5.74, 6) is -0.176. The van der Waals surface area contributed by atoms with Crippen LogP contribution in [0.5, 0.6) is 0 Å². The van der Waals surface area contributed by atoms with Gasteiger partial charge in [0.05, 0.1) is 11.5 Å². The third-order valence-corrected chi connectivity index (χ3v) is 4.72. The quantitative estimate of drug-likeness (QED) is 0.668. The van der Waals surface area contributed by atoms with Gasteiger partial charge in [0.25, 0.3) is 5.69 Å². The highest BCUT2D eigenvalue weighted by Gasteiger charge is 2.26. The number of rotatable bonds is 5. The van der Waals surface area contributed by atoms with Crippen molar-refractivity contribution >= 4 is 17.3 Å². The number of hydrogen-bond acceptors (Lipinski definition) is 4. The van der Waals surface area contributed by atoms with E-state index in [9.17, 15) is 14.9 Å². The van der Waals surface area contributed by atoms with Crippen molar-refractivity contribution in [2.45, 2.75) is 25.8 Å². The van der Waals surface area contributed by atoms with E-state index in [0.29, 0.717) is 11.3 Å². The van der Waals surface area contributed by atoms with E-state index in [4.69, 9.17) is 0 Å². The lowest BCUT2D eigenvalue weighted by molar-refractivity contribution is -0.385. The van der Waals surface area contributed by atoms with Gasteiger partial charge in [-0.2, -0.15) is 0 Å². The molecule has 1 N–H and O–H groups in total. The van der Waals surface area contributed by atoms with Gasteiger partial charge in [0, 0.05) is 23.4 Å². The lowest BCUT2D eigenvalue weighted by Crippen LogP contribution is -2.32. The number of nitrogens with zero attached hydrogens (tertiary/aromatic N) is 2. The number of nitro groups is 1. The summed E-state index contributed by atoms with van der Waals surface area (Å²) >= 11 is 0. The monoisotopic (exact) mass is 339 g/mol. The normalized spacial score (nSPS) is 15.9. The summed E-state index contributed by atoms with van der Waals surface area (Å²) in [6, 6.07) is 13.3. The summed E-state index contributed by atoms with van der Waals surface area (Å²) in [7, 11) is 1.93. The summed E-state index contributed by atoms with van der Waals surface area (Å²) in [5.41, 5.74) is 3.65. The number of nitro benzene ring substituents is 1. The Morgan fingerprint density at radius 2 is 2.08 bits per heavy atom. The van der Waals surface area contributed by atoms with E-state index >= 15 is 0 Å². The Hall–Kier alpha value is -2.73. The van der Waals surface area contributed by atoms with Gasteiger partial charge in [0.1, 0.15) is 0 Å². The molecule has 25 heavy (non-hydrogen) atoms. The molecule has 0 aromatic heterocycles. The Kier molecular flexibility index (Phi) is 4.81. The first-order valence-electron chi connectivity index (χ1n) is 8.28. The molecule has 3 rings (SSSR count). The molecular formula is C19H21N3O3. The SMILES string of the molecule is Cc1ccc(NC(=O)CN(C)[C@H]2CCc3ccccc32)cc1[N+](=O)[O-]. The lowest BCUT2D eigenvalue weighted by Gasteiger charge is -2.24. The van der Waals surface area contributed by atoms with Crippen LogP contribution in [-0.2, 0) is 11.2 Å². The average molecular weight is 339 g/mol. The molecule has 0 saturated heterocycles. The maximum Gasteiger partial charge on any atom is 0.274 e. The highest BCUT2D eigenvalue weighted by molar-refractivity contribution is 5.92. The molecule has 0 bridgehead atoms. The van der Waals surface area contributed by atoms with Crippen LogP contribution in [0.15, 0.2) is 42.5 Å². The minimum atomic E-state index is -0.438. The molecule has 0 radical (unpaired) electrons. The van der Waals surface area contributed by atoms with E-state index < -0.39 is 4.92 Å². The van der Waals surface area contributed by atoms with Crippen molar-refractivity contribution < 1.29 is 9.72 Å². The van der Waals surface area contributed by atoms with Crippen molar-refractivity contribution in [3.8, 4) is 0 Å². The van der Waals surface area contributed by atoms with Crippen molar-refractivity contribution in [3.63, 3.8) is 0 Å². The predicted molar refractivity (Wildman–Crippen MR) is 96.6 cm³/mol. The minimum absolute atomic E-state index is 0.0101. The van der Waals surface area contributed by atoms with Crippen molar-refractivity contribution in [3.05, 3.63) is 69.3 Å². The number of carbonyl (C=O) groups excluding carboxylic acids is 1. The summed E-state index contributed by atoms with van der Waals surface area (Å²) < 4.78 is 0. The topological polar surface area (TPSA) is 75.5 Å². The molecule has 6 nitrogen and oxygen atoms in total. The van der Waals surface area contributed by atoms with Gasteiger partial charge in [-0.3, -0.25) is 19.8 Å². The van der Waals surface area contributed by atoms with Crippen LogP contribution in [0.1, 0.15) is 29.2 Å². The van der Waals surface area contributed by atoms with E-state index in [-0.39, 0.29) is 24.2 Å². The number of nitrogens with one attached hydrogen (secondary N) is 1. The van der Waals surface area contributed by atoms with Crippen LogP contribution < -0.4 is 5.32 Å². The number of likely N-dealkylation sites (N-methyl/N-ethyl adjacent to an activating group) is 1. The van der Waals surface area contributed by atoms with Gasteiger partial charge >= 0.3 is 0 Å². The fourth-order valence-electron chi connectivity index (χ4n) is 3.41. The van der Waals surface area contributed by atoms with E-state index in [1.807, 2.05) is 24.1 Å². The average Bonchev–Trinajstić information content (AvgIpc) is 3.00. The molecule has 0 fully saturated rings. The van der Waals surface area contributed by atoms with Gasteiger partial charge in [-0.1, -0.05) is 30.3 Å². The van der Waals surface area contributed by atoms with E-state index in [1.165, 1.54) is 17.2 Å². The molecule has 0 heterocycles. The standard InChI is InChI=1S/C19H21N3O3/c1-13-7-9-15(11-18(13)22(24)25)20-19(23)12-21(2)17-10-8-14-5-3-4-6-16(14)17/h3-7,9,11,17H,8,10,12H2,1-2H3,(H,20,23)/t17-/m0/s1. The molecule has 6 heteroatoms. The van der Waals surface area contributed by atoms with E-state index in [0.717, 1.165) is 12.8 Å². The van der Waals surface area contributed by atoms with E-state index in [2.05, 4.69) is 17.4 Å². The number of hydrogen-bond donors (Lipinski definition) is 1. The minimum Gasteiger partial charge on any atom is -0.325 e. The molecule has 1 atom stereocenters. The molecule has 0 spiro atoms. The van der Waals surface area contributed by atoms with Gasteiger partial charge in [0.2, 0.25) is 5.91 Å². The van der Waals surface area contributed by atoms with Gasteiger partial charge in [-0.25, -0.2) is 0 Å². The number of benzene rings is 2. The number of aryl methyl sites for hydroxylation is 2. The smallest absolute Gasteiger partial charge is 0.274 e. The zero-order chi connectivity index (χ0) is 18.0. The molecular weight excluding hydrogens is 318 g/mol. The first kappa shape index (κ1) is 17.1.